The molecule has 5 heteroatoms. The van der Waals surface area contributed by atoms with Crippen LogP contribution in [-0.2, 0) is 7.05 Å². The van der Waals surface area contributed by atoms with Crippen LogP contribution in [0.2, 0.25) is 0 Å². The molecule has 50 heavy (non-hydrogen) atoms. The van der Waals surface area contributed by atoms with E-state index >= 15 is 0 Å². The molecule has 2 aromatic heterocycles. The molecule has 5 nitrogen and oxygen atoms in total. The molecule has 0 saturated heterocycles. The van der Waals surface area contributed by atoms with Crippen molar-refractivity contribution in [2.75, 3.05) is 0 Å². The van der Waals surface area contributed by atoms with Crippen LogP contribution < -0.4 is 13.9 Å². The summed E-state index contributed by atoms with van der Waals surface area (Å²) in [5, 5.41) is 2.32. The number of hydrogen-bond donors (Lipinski definition) is 0. The predicted octanol–water partition coefficient (Wildman–Crippen LogP) is 9.40. The smallest absolute Gasteiger partial charge is 0.269 e. The average Bonchev–Trinajstić information content (AvgIpc) is 3.80. The van der Waals surface area contributed by atoms with Crippen LogP contribution in [-0.4, -0.2) is 9.13 Å². The van der Waals surface area contributed by atoms with Crippen molar-refractivity contribution in [3.8, 4) is 50.8 Å². The molecular formula is C45H32N4O. The summed E-state index contributed by atoms with van der Waals surface area (Å²) in [6.07, 6.45) is 11.0. The highest BCUT2D eigenvalue weighted by atomic mass is 16.5. The summed E-state index contributed by atoms with van der Waals surface area (Å²) in [7, 11) is 1.96. The van der Waals surface area contributed by atoms with Crippen molar-refractivity contribution in [1.82, 2.24) is 9.13 Å². The molecule has 9 aromatic rings. The number of imidazole rings is 2. The zero-order valence-corrected chi connectivity index (χ0v) is 27.4. The van der Waals surface area contributed by atoms with Crippen LogP contribution in [0.3, 0.4) is 0 Å². The maximum Gasteiger partial charge on any atom is 0.269 e. The number of fused-ring (bicyclic) bond motifs is 3. The van der Waals surface area contributed by atoms with Crippen LogP contribution >= 0.6 is 0 Å². The Bertz CT molecular complexity index is 2580. The third kappa shape index (κ3) is 5.31. The number of hydrogen-bond acceptors (Lipinski definition) is 1. The fourth-order valence-corrected chi connectivity index (χ4v) is 6.77. The largest absolute Gasteiger partial charge is 0.459 e. The van der Waals surface area contributed by atoms with Gasteiger partial charge in [0.15, 0.2) is 0 Å². The van der Waals surface area contributed by atoms with Gasteiger partial charge in [0.1, 0.15) is 11.5 Å². The third-order valence-corrected chi connectivity index (χ3v) is 9.09. The van der Waals surface area contributed by atoms with Crippen LogP contribution in [0.25, 0.3) is 61.1 Å². The van der Waals surface area contributed by atoms with Crippen LogP contribution in [0.15, 0.2) is 176 Å². The van der Waals surface area contributed by atoms with Crippen LogP contribution in [0.1, 0.15) is 0 Å². The molecule has 2 heterocycles. The van der Waals surface area contributed by atoms with Gasteiger partial charge in [0.25, 0.3) is 6.33 Å². The van der Waals surface area contributed by atoms with Crippen molar-refractivity contribution in [3.63, 3.8) is 0 Å². The van der Waals surface area contributed by atoms with Crippen molar-refractivity contribution in [1.29, 1.82) is 0 Å². The van der Waals surface area contributed by atoms with Gasteiger partial charge in [-0.15, -0.1) is 0 Å². The molecule has 0 atom stereocenters. The molecule has 0 unspecified atom stereocenters. The number of para-hydroxylation sites is 1. The molecule has 7 aromatic carbocycles. The van der Waals surface area contributed by atoms with Crippen molar-refractivity contribution in [2.45, 2.75) is 0 Å². The zero-order valence-electron chi connectivity index (χ0n) is 27.4. The van der Waals surface area contributed by atoms with Gasteiger partial charge in [0.2, 0.25) is 6.33 Å². The Hall–Kier alpha value is -6.72. The fourth-order valence-electron chi connectivity index (χ4n) is 6.77. The lowest BCUT2D eigenvalue weighted by atomic mass is 9.95. The summed E-state index contributed by atoms with van der Waals surface area (Å²) in [4.78, 5) is 0. The first-order valence-corrected chi connectivity index (χ1v) is 16.7. The Labute approximate surface area is 290 Å². The highest BCUT2D eigenvalue weighted by molar-refractivity contribution is 6.03. The van der Waals surface area contributed by atoms with Gasteiger partial charge in [-0.2, -0.15) is 0 Å². The van der Waals surface area contributed by atoms with E-state index in [0.29, 0.717) is 0 Å². The molecule has 0 saturated carbocycles. The monoisotopic (exact) mass is 644 g/mol. The summed E-state index contributed by atoms with van der Waals surface area (Å²) < 4.78 is 14.7. The fraction of sp³-hybridized carbons (Fsp3) is 0.0222. The van der Waals surface area contributed by atoms with Crippen molar-refractivity contribution >= 4 is 21.8 Å². The topological polar surface area (TPSA) is 26.8 Å². The lowest BCUT2D eigenvalue weighted by Crippen LogP contribution is -2.31. The second-order valence-electron chi connectivity index (χ2n) is 12.3. The molecule has 0 N–H and O–H groups in total. The van der Waals surface area contributed by atoms with E-state index in [1.165, 1.54) is 5.39 Å². The van der Waals surface area contributed by atoms with Gasteiger partial charge >= 0.3 is 0 Å². The Morgan fingerprint density at radius 1 is 0.560 bits per heavy atom. The minimum Gasteiger partial charge on any atom is -0.459 e. The van der Waals surface area contributed by atoms with Crippen molar-refractivity contribution in [2.24, 2.45) is 7.05 Å². The first kappa shape index (κ1) is 29.4. The van der Waals surface area contributed by atoms with Crippen LogP contribution in [0.4, 0.5) is 0 Å². The lowest BCUT2D eigenvalue weighted by molar-refractivity contribution is -0.674. The standard InChI is InChI=1S/C45H32N4O/c1-46-27-28-47(31-46)36-18-10-20-38(29-36)50-39-21-11-19-37(30-39)48-32-49(45-42-22-9-8-17-35(42)25-26-43(45)48)44-40(33-13-4-2-5-14-33)23-12-24-41(44)34-15-6-3-7-16-34/h2-30H,1H3. The summed E-state index contributed by atoms with van der Waals surface area (Å²) in [6, 6.07) is 57.0. The van der Waals surface area contributed by atoms with Gasteiger partial charge in [-0.05, 0) is 63.4 Å². The Morgan fingerprint density at radius 3 is 1.86 bits per heavy atom. The Kier molecular flexibility index (Phi) is 7.29. The van der Waals surface area contributed by atoms with E-state index in [-0.39, 0.29) is 0 Å². The molecule has 0 spiro atoms. The van der Waals surface area contributed by atoms with E-state index in [1.54, 1.807) is 0 Å². The summed E-state index contributed by atoms with van der Waals surface area (Å²) in [6.45, 7) is 0. The average molecular weight is 645 g/mol. The van der Waals surface area contributed by atoms with Crippen molar-refractivity contribution in [3.05, 3.63) is 189 Å². The van der Waals surface area contributed by atoms with Gasteiger partial charge in [0, 0.05) is 12.4 Å². The predicted molar refractivity (Wildman–Crippen MR) is 198 cm³/mol. The number of aromatic nitrogens is 4. The van der Waals surface area contributed by atoms with Crippen LogP contribution in [0.5, 0.6) is 11.5 Å². The van der Waals surface area contributed by atoms with E-state index in [1.807, 2.05) is 65.0 Å². The molecule has 0 amide bonds. The SMILES string of the molecule is C[n+]1[c-]n(-c2cccc(Oc3cccc(-n4[c-][n+](-c5c(-c6ccccc6)cccc5-c5ccccc5)c5c6ccccc6ccc54)c3)c2)cc1. The second-order valence-corrected chi connectivity index (χ2v) is 12.3. The molecule has 9 rings (SSSR count). The zero-order chi connectivity index (χ0) is 33.4. The van der Waals surface area contributed by atoms with Gasteiger partial charge < -0.3 is 13.9 Å². The normalized spacial score (nSPS) is 11.3. The molecule has 0 aliphatic carbocycles. The number of rotatable bonds is 7. The lowest BCUT2D eigenvalue weighted by Gasteiger charge is -2.17. The minimum atomic E-state index is 0.735. The summed E-state index contributed by atoms with van der Waals surface area (Å²) in [5.41, 5.74) is 9.67. The first-order valence-electron chi connectivity index (χ1n) is 16.7. The molecule has 0 radical (unpaired) electrons. The maximum atomic E-state index is 6.47. The number of ether oxygens (including phenoxy) is 1. The summed E-state index contributed by atoms with van der Waals surface area (Å²) in [5.74, 6) is 1.48. The third-order valence-electron chi connectivity index (χ3n) is 9.09. The number of nitrogens with zero attached hydrogens (tertiary/aromatic N) is 4. The van der Waals surface area contributed by atoms with E-state index in [9.17, 15) is 0 Å². The molecule has 0 aliphatic heterocycles. The quantitative estimate of drug-likeness (QED) is 0.125. The molecule has 238 valence electrons. The highest BCUT2D eigenvalue weighted by Gasteiger charge is 2.21. The van der Waals surface area contributed by atoms with Gasteiger partial charge in [-0.1, -0.05) is 133 Å². The van der Waals surface area contributed by atoms with Crippen molar-refractivity contribution < 1.29 is 13.9 Å². The first-order chi connectivity index (χ1) is 24.7. The van der Waals surface area contributed by atoms with E-state index < -0.39 is 0 Å². The maximum absolute atomic E-state index is 6.47. The molecule has 0 bridgehead atoms. The van der Waals surface area contributed by atoms with Gasteiger partial charge in [0.05, 0.1) is 35.1 Å². The Morgan fingerprint density at radius 2 is 1.18 bits per heavy atom. The molecule has 0 fully saturated rings. The Balaban J connectivity index is 1.24. The number of benzene rings is 7. The molecular weight excluding hydrogens is 613 g/mol. The van der Waals surface area contributed by atoms with Gasteiger partial charge in [-0.25, -0.2) is 0 Å². The van der Waals surface area contributed by atoms with Gasteiger partial charge in [-0.3, -0.25) is 9.13 Å². The van der Waals surface area contributed by atoms with Crippen LogP contribution in [0, 0.1) is 12.7 Å². The number of aryl methyl sites for hydroxylation is 1. The van der Waals surface area contributed by atoms with E-state index in [0.717, 1.165) is 67.2 Å². The van der Waals surface area contributed by atoms with E-state index in [4.69, 9.17) is 4.74 Å². The second kappa shape index (κ2) is 12.4. The molecule has 0 aliphatic rings. The minimum absolute atomic E-state index is 0.735. The van der Waals surface area contributed by atoms with E-state index in [2.05, 4.69) is 149 Å². The highest BCUT2D eigenvalue weighted by Crippen LogP contribution is 2.36. The summed E-state index contributed by atoms with van der Waals surface area (Å²) >= 11 is 0.